The smallest absolute Gasteiger partial charge is 0.312 e. The third kappa shape index (κ3) is 4.89. The molecular weight excluding hydrogens is 364 g/mol. The lowest BCUT2D eigenvalue weighted by molar-refractivity contribution is -0.151. The number of amides is 1. The zero-order valence-electron chi connectivity index (χ0n) is 15.2. The summed E-state index contributed by atoms with van der Waals surface area (Å²) in [4.78, 5) is 26.9. The van der Waals surface area contributed by atoms with E-state index in [4.69, 9.17) is 9.26 Å². The number of para-hydroxylation sites is 1. The summed E-state index contributed by atoms with van der Waals surface area (Å²) in [6, 6.07) is 15.3. The Bertz CT molecular complexity index is 937. The summed E-state index contributed by atoms with van der Waals surface area (Å²) >= 11 is 1.67. The Morgan fingerprint density at radius 1 is 1.15 bits per heavy atom. The van der Waals surface area contributed by atoms with Gasteiger partial charge in [0.2, 0.25) is 0 Å². The third-order valence-electron chi connectivity index (χ3n) is 4.13. The summed E-state index contributed by atoms with van der Waals surface area (Å²) in [5.74, 6) is -0.776. The average molecular weight is 384 g/mol. The minimum absolute atomic E-state index is 0.0375. The molecule has 0 N–H and O–H groups in total. The molecule has 27 heavy (non-hydrogen) atoms. The van der Waals surface area contributed by atoms with Crippen LogP contribution in [0, 0.1) is 0 Å². The van der Waals surface area contributed by atoms with E-state index in [0.717, 1.165) is 10.9 Å². The van der Waals surface area contributed by atoms with Crippen LogP contribution in [0.25, 0.3) is 11.0 Å². The number of esters is 1. The van der Waals surface area contributed by atoms with Crippen LogP contribution in [0.15, 0.2) is 57.9 Å². The van der Waals surface area contributed by atoms with Gasteiger partial charge in [-0.15, -0.1) is 11.8 Å². The Balaban J connectivity index is 1.49. The van der Waals surface area contributed by atoms with Crippen molar-refractivity contribution in [2.75, 3.05) is 19.9 Å². The molecule has 0 aliphatic carbocycles. The van der Waals surface area contributed by atoms with E-state index in [1.54, 1.807) is 24.9 Å². The quantitative estimate of drug-likeness (QED) is 0.460. The number of nitrogens with zero attached hydrogens (tertiary/aromatic N) is 2. The van der Waals surface area contributed by atoms with E-state index in [0.29, 0.717) is 17.8 Å². The van der Waals surface area contributed by atoms with Crippen molar-refractivity contribution in [1.29, 1.82) is 0 Å². The molecule has 1 amide bonds. The molecule has 0 fully saturated rings. The van der Waals surface area contributed by atoms with E-state index < -0.39 is 5.97 Å². The molecule has 140 valence electrons. The van der Waals surface area contributed by atoms with Crippen LogP contribution in [0.3, 0.4) is 0 Å². The number of fused-ring (bicyclic) bond motifs is 1. The summed E-state index contributed by atoms with van der Waals surface area (Å²) in [7, 11) is 1.68. The van der Waals surface area contributed by atoms with Crippen molar-refractivity contribution >= 4 is 34.6 Å². The van der Waals surface area contributed by atoms with Gasteiger partial charge in [0, 0.05) is 23.9 Å². The molecule has 1 aromatic heterocycles. The van der Waals surface area contributed by atoms with Gasteiger partial charge in [-0.25, -0.2) is 0 Å². The van der Waals surface area contributed by atoms with Crippen LogP contribution in [0.4, 0.5) is 0 Å². The molecule has 0 aliphatic heterocycles. The van der Waals surface area contributed by atoms with Crippen molar-refractivity contribution in [3.8, 4) is 0 Å². The van der Waals surface area contributed by atoms with Gasteiger partial charge in [0.25, 0.3) is 5.91 Å². The molecule has 0 saturated heterocycles. The van der Waals surface area contributed by atoms with Crippen molar-refractivity contribution < 1.29 is 18.8 Å². The van der Waals surface area contributed by atoms with Crippen LogP contribution < -0.4 is 0 Å². The Hall–Kier alpha value is -2.80. The Morgan fingerprint density at radius 2 is 1.89 bits per heavy atom. The fourth-order valence-corrected chi connectivity index (χ4v) is 3.01. The first-order chi connectivity index (χ1) is 13.1. The molecule has 0 atom stereocenters. The van der Waals surface area contributed by atoms with E-state index in [9.17, 15) is 9.59 Å². The highest BCUT2D eigenvalue weighted by atomic mass is 32.2. The molecule has 3 rings (SSSR count). The number of ether oxygens (including phenoxy) is 1. The van der Waals surface area contributed by atoms with Gasteiger partial charge < -0.3 is 14.2 Å². The minimum Gasteiger partial charge on any atom is -0.455 e. The van der Waals surface area contributed by atoms with Gasteiger partial charge in [-0.3, -0.25) is 9.59 Å². The van der Waals surface area contributed by atoms with Crippen LogP contribution in [-0.4, -0.2) is 41.8 Å². The SMILES string of the molecule is CSc1ccc(CN(C)C(=O)COC(=O)Cc2noc3ccccc23)cc1. The molecule has 7 heteroatoms. The minimum atomic E-state index is -0.514. The number of likely N-dealkylation sites (N-methyl/N-ethyl adjacent to an activating group) is 1. The maximum atomic E-state index is 12.2. The predicted molar refractivity (Wildman–Crippen MR) is 103 cm³/mol. The first-order valence-corrected chi connectivity index (χ1v) is 9.65. The number of aromatic nitrogens is 1. The van der Waals surface area contributed by atoms with Crippen LogP contribution in [-0.2, 0) is 27.3 Å². The number of benzene rings is 2. The summed E-state index contributed by atoms with van der Waals surface area (Å²) in [6.07, 6.45) is 1.98. The molecule has 0 bridgehead atoms. The Kier molecular flexibility index (Phi) is 6.13. The summed E-state index contributed by atoms with van der Waals surface area (Å²) in [6.45, 7) is 0.160. The normalized spacial score (nSPS) is 10.7. The van der Waals surface area contributed by atoms with Crippen molar-refractivity contribution in [3.63, 3.8) is 0 Å². The van der Waals surface area contributed by atoms with Gasteiger partial charge >= 0.3 is 5.97 Å². The summed E-state index contributed by atoms with van der Waals surface area (Å²) in [5, 5.41) is 4.66. The monoisotopic (exact) mass is 384 g/mol. The van der Waals surface area contributed by atoms with Gasteiger partial charge in [-0.2, -0.15) is 0 Å². The summed E-state index contributed by atoms with van der Waals surface area (Å²) < 4.78 is 10.3. The molecule has 1 heterocycles. The largest absolute Gasteiger partial charge is 0.455 e. The lowest BCUT2D eigenvalue weighted by Gasteiger charge is -2.17. The van der Waals surface area contributed by atoms with E-state index in [1.807, 2.05) is 48.7 Å². The van der Waals surface area contributed by atoms with Gasteiger partial charge in [0.15, 0.2) is 12.2 Å². The first kappa shape index (κ1) is 19.0. The topological polar surface area (TPSA) is 72.6 Å². The lowest BCUT2D eigenvalue weighted by atomic mass is 10.2. The second-order valence-corrected chi connectivity index (χ2v) is 6.94. The number of hydrogen-bond acceptors (Lipinski definition) is 6. The molecule has 0 unspecified atom stereocenters. The van der Waals surface area contributed by atoms with E-state index in [2.05, 4.69) is 5.16 Å². The average Bonchev–Trinajstić information content (AvgIpc) is 3.09. The Labute approximate surface area is 161 Å². The maximum Gasteiger partial charge on any atom is 0.312 e. The highest BCUT2D eigenvalue weighted by Crippen LogP contribution is 2.18. The second-order valence-electron chi connectivity index (χ2n) is 6.06. The van der Waals surface area contributed by atoms with Crippen molar-refractivity contribution in [1.82, 2.24) is 10.1 Å². The zero-order chi connectivity index (χ0) is 19.2. The molecular formula is C20H20N2O4S. The molecule has 0 saturated carbocycles. The van der Waals surface area contributed by atoms with E-state index in [1.165, 1.54) is 9.80 Å². The van der Waals surface area contributed by atoms with Crippen molar-refractivity contribution in [2.45, 2.75) is 17.9 Å². The second kappa shape index (κ2) is 8.73. The highest BCUT2D eigenvalue weighted by molar-refractivity contribution is 7.98. The number of carbonyl (C=O) groups is 2. The van der Waals surface area contributed by atoms with Gasteiger partial charge in [-0.1, -0.05) is 29.4 Å². The fraction of sp³-hybridized carbons (Fsp3) is 0.250. The van der Waals surface area contributed by atoms with E-state index >= 15 is 0 Å². The molecule has 2 aromatic carbocycles. The molecule has 0 aliphatic rings. The van der Waals surface area contributed by atoms with Crippen LogP contribution in [0.2, 0.25) is 0 Å². The van der Waals surface area contributed by atoms with Crippen molar-refractivity contribution in [2.24, 2.45) is 0 Å². The molecule has 0 spiro atoms. The zero-order valence-corrected chi connectivity index (χ0v) is 16.0. The van der Waals surface area contributed by atoms with Crippen molar-refractivity contribution in [3.05, 3.63) is 59.8 Å². The van der Waals surface area contributed by atoms with E-state index in [-0.39, 0.29) is 18.9 Å². The number of carbonyl (C=O) groups excluding carboxylic acids is 2. The Morgan fingerprint density at radius 3 is 2.63 bits per heavy atom. The van der Waals surface area contributed by atoms with Gasteiger partial charge in [-0.05, 0) is 36.1 Å². The van der Waals surface area contributed by atoms with Gasteiger partial charge in [0.05, 0.1) is 6.42 Å². The van der Waals surface area contributed by atoms with Crippen LogP contribution in [0.5, 0.6) is 0 Å². The third-order valence-corrected chi connectivity index (χ3v) is 4.87. The number of rotatable bonds is 7. The molecule has 0 radical (unpaired) electrons. The fourth-order valence-electron chi connectivity index (χ4n) is 2.60. The lowest BCUT2D eigenvalue weighted by Crippen LogP contribution is -2.31. The molecule has 3 aromatic rings. The first-order valence-electron chi connectivity index (χ1n) is 8.42. The maximum absolute atomic E-state index is 12.2. The standard InChI is InChI=1S/C20H20N2O4S/c1-22(12-14-7-9-15(27-2)10-8-14)19(23)13-25-20(24)11-17-16-5-3-4-6-18(16)26-21-17/h3-10H,11-13H2,1-2H3. The number of hydrogen-bond donors (Lipinski definition) is 0. The predicted octanol–water partition coefficient (Wildman–Crippen LogP) is 3.29. The highest BCUT2D eigenvalue weighted by Gasteiger charge is 2.16. The number of thioether (sulfide) groups is 1. The molecule has 6 nitrogen and oxygen atoms in total. The van der Waals surface area contributed by atoms with Crippen LogP contribution in [0.1, 0.15) is 11.3 Å². The van der Waals surface area contributed by atoms with Crippen LogP contribution >= 0.6 is 11.8 Å². The van der Waals surface area contributed by atoms with Gasteiger partial charge in [0.1, 0.15) is 5.69 Å². The summed E-state index contributed by atoms with van der Waals surface area (Å²) in [5.41, 5.74) is 2.14.